The average molecular weight is 211 g/mol. The van der Waals surface area contributed by atoms with E-state index in [1.54, 1.807) is 0 Å². The minimum atomic E-state index is 0.587. The molecule has 0 amide bonds. The van der Waals surface area contributed by atoms with E-state index in [9.17, 15) is 0 Å². The molecule has 0 aromatic rings. The molecule has 0 aromatic heterocycles. The number of nitrogens with zero attached hydrogens (tertiary/aromatic N) is 2. The van der Waals surface area contributed by atoms with Gasteiger partial charge in [0.15, 0.2) is 5.96 Å². The van der Waals surface area contributed by atoms with Crippen molar-refractivity contribution in [2.24, 2.45) is 22.6 Å². The molecule has 3 heteroatoms. The van der Waals surface area contributed by atoms with E-state index >= 15 is 0 Å². The summed E-state index contributed by atoms with van der Waals surface area (Å²) in [6, 6.07) is 0.670. The van der Waals surface area contributed by atoms with Gasteiger partial charge in [0.05, 0.1) is 0 Å². The molecule has 1 saturated carbocycles. The number of guanidine groups is 1. The van der Waals surface area contributed by atoms with Crippen LogP contribution in [-0.4, -0.2) is 30.0 Å². The molecule has 0 unspecified atom stereocenters. The maximum atomic E-state index is 6.03. The van der Waals surface area contributed by atoms with E-state index in [1.165, 1.54) is 12.8 Å². The fourth-order valence-corrected chi connectivity index (χ4v) is 1.58. The molecule has 0 saturated heterocycles. The van der Waals surface area contributed by atoms with Crippen molar-refractivity contribution in [1.82, 2.24) is 4.90 Å². The van der Waals surface area contributed by atoms with Crippen LogP contribution in [0.1, 0.15) is 40.5 Å². The first-order valence-electron chi connectivity index (χ1n) is 6.07. The molecule has 0 aromatic carbocycles. The molecule has 0 radical (unpaired) electrons. The summed E-state index contributed by atoms with van der Waals surface area (Å²) >= 11 is 0. The largest absolute Gasteiger partial charge is 0.370 e. The van der Waals surface area contributed by atoms with E-state index in [2.05, 4.69) is 37.6 Å². The van der Waals surface area contributed by atoms with Crippen LogP contribution in [0.3, 0.4) is 0 Å². The Morgan fingerprint density at radius 1 is 1.27 bits per heavy atom. The lowest BCUT2D eigenvalue weighted by Gasteiger charge is -2.25. The van der Waals surface area contributed by atoms with Crippen molar-refractivity contribution in [3.8, 4) is 0 Å². The van der Waals surface area contributed by atoms with Crippen LogP contribution in [0.15, 0.2) is 4.99 Å². The standard InChI is InChI=1S/C12H25N3/c1-9(2)7-14-12(13)15(8-10(3)4)11-5-6-11/h9-11H,5-8H2,1-4H3,(H2,13,14). The maximum Gasteiger partial charge on any atom is 0.191 e. The topological polar surface area (TPSA) is 41.6 Å². The molecule has 0 heterocycles. The average Bonchev–Trinajstić information content (AvgIpc) is 2.93. The Morgan fingerprint density at radius 3 is 2.27 bits per heavy atom. The third kappa shape index (κ3) is 4.54. The smallest absolute Gasteiger partial charge is 0.191 e. The lowest BCUT2D eigenvalue weighted by molar-refractivity contribution is 0.352. The molecule has 88 valence electrons. The molecular weight excluding hydrogens is 186 g/mol. The first kappa shape index (κ1) is 12.3. The lowest BCUT2D eigenvalue weighted by atomic mass is 10.2. The predicted molar refractivity (Wildman–Crippen MR) is 65.9 cm³/mol. The van der Waals surface area contributed by atoms with Gasteiger partial charge in [-0.1, -0.05) is 27.7 Å². The van der Waals surface area contributed by atoms with Gasteiger partial charge >= 0.3 is 0 Å². The van der Waals surface area contributed by atoms with Crippen LogP contribution in [0.2, 0.25) is 0 Å². The van der Waals surface area contributed by atoms with E-state index in [0.717, 1.165) is 19.0 Å². The monoisotopic (exact) mass is 211 g/mol. The van der Waals surface area contributed by atoms with Gasteiger partial charge in [-0.2, -0.15) is 0 Å². The summed E-state index contributed by atoms with van der Waals surface area (Å²) in [5, 5.41) is 0. The maximum absolute atomic E-state index is 6.03. The van der Waals surface area contributed by atoms with Gasteiger partial charge in [0.1, 0.15) is 0 Å². The van der Waals surface area contributed by atoms with Crippen LogP contribution in [0.4, 0.5) is 0 Å². The molecule has 2 N–H and O–H groups in total. The van der Waals surface area contributed by atoms with Gasteiger partial charge in [0.25, 0.3) is 0 Å². The summed E-state index contributed by atoms with van der Waals surface area (Å²) in [6.07, 6.45) is 2.56. The molecule has 1 aliphatic rings. The number of aliphatic imine (C=N–C) groups is 1. The third-order valence-corrected chi connectivity index (χ3v) is 2.46. The summed E-state index contributed by atoms with van der Waals surface area (Å²) in [4.78, 5) is 6.74. The quantitative estimate of drug-likeness (QED) is 0.559. The minimum Gasteiger partial charge on any atom is -0.370 e. The van der Waals surface area contributed by atoms with E-state index in [4.69, 9.17) is 5.73 Å². The molecule has 0 spiro atoms. The van der Waals surface area contributed by atoms with Gasteiger partial charge in [0, 0.05) is 19.1 Å². The predicted octanol–water partition coefficient (Wildman–Crippen LogP) is 2.08. The molecule has 1 aliphatic carbocycles. The Labute approximate surface area is 93.7 Å². The van der Waals surface area contributed by atoms with E-state index < -0.39 is 0 Å². The SMILES string of the molecule is CC(C)CN=C(N)N(CC(C)C)C1CC1. The van der Waals surface area contributed by atoms with Crippen LogP contribution in [0, 0.1) is 11.8 Å². The van der Waals surface area contributed by atoms with Gasteiger partial charge in [-0.25, -0.2) is 0 Å². The summed E-state index contributed by atoms with van der Waals surface area (Å²) < 4.78 is 0. The molecule has 0 bridgehead atoms. The van der Waals surface area contributed by atoms with Crippen molar-refractivity contribution < 1.29 is 0 Å². The fourth-order valence-electron chi connectivity index (χ4n) is 1.58. The molecule has 1 rings (SSSR count). The van der Waals surface area contributed by atoms with Gasteiger partial charge in [0.2, 0.25) is 0 Å². The Morgan fingerprint density at radius 2 is 1.87 bits per heavy atom. The molecule has 15 heavy (non-hydrogen) atoms. The first-order valence-corrected chi connectivity index (χ1v) is 6.07. The first-order chi connectivity index (χ1) is 7.00. The van der Waals surface area contributed by atoms with E-state index in [-0.39, 0.29) is 0 Å². The summed E-state index contributed by atoms with van der Waals surface area (Å²) in [6.45, 7) is 10.7. The second-order valence-corrected chi connectivity index (χ2v) is 5.37. The van der Waals surface area contributed by atoms with E-state index in [1.807, 2.05) is 0 Å². The minimum absolute atomic E-state index is 0.587. The van der Waals surface area contributed by atoms with Crippen molar-refractivity contribution >= 4 is 5.96 Å². The molecule has 0 atom stereocenters. The van der Waals surface area contributed by atoms with Crippen LogP contribution in [0.5, 0.6) is 0 Å². The number of nitrogens with two attached hydrogens (primary N) is 1. The molecule has 0 aliphatic heterocycles. The van der Waals surface area contributed by atoms with Crippen molar-refractivity contribution in [3.63, 3.8) is 0 Å². The zero-order valence-corrected chi connectivity index (χ0v) is 10.5. The Bertz CT molecular complexity index is 217. The van der Waals surface area contributed by atoms with Crippen molar-refractivity contribution in [3.05, 3.63) is 0 Å². The van der Waals surface area contributed by atoms with Gasteiger partial charge in [-0.15, -0.1) is 0 Å². The second-order valence-electron chi connectivity index (χ2n) is 5.37. The fraction of sp³-hybridized carbons (Fsp3) is 0.917. The molecule has 1 fully saturated rings. The highest BCUT2D eigenvalue weighted by Crippen LogP contribution is 2.27. The van der Waals surface area contributed by atoms with Crippen LogP contribution < -0.4 is 5.73 Å². The van der Waals surface area contributed by atoms with Crippen molar-refractivity contribution in [2.45, 2.75) is 46.6 Å². The molecular formula is C12H25N3. The number of hydrogen-bond acceptors (Lipinski definition) is 1. The Hall–Kier alpha value is -0.730. The second kappa shape index (κ2) is 5.38. The Kier molecular flexibility index (Phi) is 4.43. The van der Waals surface area contributed by atoms with Crippen LogP contribution >= 0.6 is 0 Å². The molecule has 3 nitrogen and oxygen atoms in total. The summed E-state index contributed by atoms with van der Waals surface area (Å²) in [5.41, 5.74) is 6.03. The summed E-state index contributed by atoms with van der Waals surface area (Å²) in [5.74, 6) is 1.99. The highest BCUT2D eigenvalue weighted by atomic mass is 15.3. The number of rotatable bonds is 5. The Balaban J connectivity index is 2.50. The zero-order chi connectivity index (χ0) is 11.4. The van der Waals surface area contributed by atoms with Gasteiger partial charge in [-0.3, -0.25) is 4.99 Å². The van der Waals surface area contributed by atoms with Crippen LogP contribution in [-0.2, 0) is 0 Å². The van der Waals surface area contributed by atoms with Crippen molar-refractivity contribution in [2.75, 3.05) is 13.1 Å². The third-order valence-electron chi connectivity index (χ3n) is 2.46. The van der Waals surface area contributed by atoms with E-state index in [0.29, 0.717) is 17.9 Å². The number of hydrogen-bond donors (Lipinski definition) is 1. The van der Waals surface area contributed by atoms with Crippen molar-refractivity contribution in [1.29, 1.82) is 0 Å². The van der Waals surface area contributed by atoms with Gasteiger partial charge < -0.3 is 10.6 Å². The highest BCUT2D eigenvalue weighted by molar-refractivity contribution is 5.78. The normalized spacial score (nSPS) is 17.6. The lowest BCUT2D eigenvalue weighted by Crippen LogP contribution is -2.41. The summed E-state index contributed by atoms with van der Waals surface area (Å²) in [7, 11) is 0. The van der Waals surface area contributed by atoms with Crippen LogP contribution in [0.25, 0.3) is 0 Å². The zero-order valence-electron chi connectivity index (χ0n) is 10.5. The highest BCUT2D eigenvalue weighted by Gasteiger charge is 2.30. The van der Waals surface area contributed by atoms with Gasteiger partial charge in [-0.05, 0) is 24.7 Å².